The van der Waals surface area contributed by atoms with Crippen LogP contribution in [0.1, 0.15) is 23.5 Å². The second-order valence-electron chi connectivity index (χ2n) is 3.64. The van der Waals surface area contributed by atoms with E-state index >= 15 is 0 Å². The average Bonchev–Trinajstić information content (AvgIpc) is 2.84. The molecule has 1 aliphatic rings. The molecule has 1 unspecified atom stereocenters. The second kappa shape index (κ2) is 2.87. The number of benzene rings is 1. The number of carboxylic acids is 1. The Balaban J connectivity index is 2.21. The number of aryl methyl sites for hydroxylation is 1. The summed E-state index contributed by atoms with van der Waals surface area (Å²) in [5, 5.41) is 8.78. The van der Waals surface area contributed by atoms with Crippen LogP contribution in [0.25, 0.3) is 0 Å². The van der Waals surface area contributed by atoms with Crippen molar-refractivity contribution in [2.24, 2.45) is 5.92 Å². The number of aliphatic carboxylic acids is 1. The topological polar surface area (TPSA) is 37.3 Å². The summed E-state index contributed by atoms with van der Waals surface area (Å²) in [5.41, 5.74) is 2.41. The van der Waals surface area contributed by atoms with Gasteiger partial charge in [0.2, 0.25) is 0 Å². The third-order valence-corrected chi connectivity index (χ3v) is 2.70. The Hall–Kier alpha value is -1.31. The maximum absolute atomic E-state index is 10.7. The summed E-state index contributed by atoms with van der Waals surface area (Å²) in [5.74, 6) is -0.534. The molecule has 0 amide bonds. The second-order valence-corrected chi connectivity index (χ2v) is 3.64. The lowest BCUT2D eigenvalue weighted by molar-refractivity contribution is -0.138. The number of carbonyl (C=O) groups is 1. The molecular formula is C11H12O2. The van der Waals surface area contributed by atoms with Gasteiger partial charge in [-0.15, -0.1) is 0 Å². The van der Waals surface area contributed by atoms with Crippen LogP contribution in [0.5, 0.6) is 0 Å². The summed E-state index contributed by atoms with van der Waals surface area (Å²) < 4.78 is 0. The van der Waals surface area contributed by atoms with E-state index in [1.165, 1.54) is 11.1 Å². The van der Waals surface area contributed by atoms with Gasteiger partial charge in [-0.2, -0.15) is 0 Å². The maximum atomic E-state index is 10.7. The summed E-state index contributed by atoms with van der Waals surface area (Å²) in [6.45, 7) is 2.03. The van der Waals surface area contributed by atoms with Gasteiger partial charge in [0.25, 0.3) is 0 Å². The van der Waals surface area contributed by atoms with Crippen LogP contribution in [0.15, 0.2) is 24.3 Å². The van der Waals surface area contributed by atoms with Gasteiger partial charge in [-0.3, -0.25) is 4.79 Å². The van der Waals surface area contributed by atoms with Gasteiger partial charge in [0, 0.05) is 0 Å². The van der Waals surface area contributed by atoms with Gasteiger partial charge in [-0.25, -0.2) is 0 Å². The molecule has 0 aromatic heterocycles. The number of rotatable bonds is 2. The standard InChI is InChI=1S/C11H12O2/c1-7-4-2-3-5-8(7)9-6-10(9)11(12)13/h2-5,9-10H,6H2,1H3,(H,12,13)/t9?,10-/m1/s1. The molecule has 0 saturated heterocycles. The molecule has 1 aromatic rings. The first-order valence-electron chi connectivity index (χ1n) is 4.48. The molecule has 2 rings (SSSR count). The molecule has 0 aliphatic heterocycles. The van der Waals surface area contributed by atoms with Gasteiger partial charge in [0.1, 0.15) is 0 Å². The van der Waals surface area contributed by atoms with Crippen LogP contribution in [0, 0.1) is 12.8 Å². The Kier molecular flexibility index (Phi) is 1.83. The molecule has 1 fully saturated rings. The van der Waals surface area contributed by atoms with Crippen LogP contribution in [-0.2, 0) is 4.79 Å². The minimum Gasteiger partial charge on any atom is -0.481 e. The van der Waals surface area contributed by atoms with E-state index in [1.54, 1.807) is 0 Å². The van der Waals surface area contributed by atoms with E-state index in [1.807, 2.05) is 31.2 Å². The monoisotopic (exact) mass is 176 g/mol. The van der Waals surface area contributed by atoms with E-state index < -0.39 is 5.97 Å². The van der Waals surface area contributed by atoms with Crippen molar-refractivity contribution in [1.82, 2.24) is 0 Å². The summed E-state index contributed by atoms with van der Waals surface area (Å²) in [4.78, 5) is 10.7. The minimum atomic E-state index is -0.659. The van der Waals surface area contributed by atoms with Gasteiger partial charge >= 0.3 is 5.97 Å². The highest BCUT2D eigenvalue weighted by molar-refractivity contribution is 5.75. The van der Waals surface area contributed by atoms with Crippen LogP contribution >= 0.6 is 0 Å². The molecule has 0 radical (unpaired) electrons. The molecule has 0 spiro atoms. The van der Waals surface area contributed by atoms with Gasteiger partial charge in [-0.05, 0) is 30.4 Å². The van der Waals surface area contributed by atoms with Crippen LogP contribution in [0.4, 0.5) is 0 Å². The van der Waals surface area contributed by atoms with Crippen molar-refractivity contribution in [1.29, 1.82) is 0 Å². The lowest BCUT2D eigenvalue weighted by atomic mass is 10.0. The smallest absolute Gasteiger partial charge is 0.307 e. The Morgan fingerprint density at radius 3 is 2.69 bits per heavy atom. The minimum absolute atomic E-state index is 0.138. The normalized spacial score (nSPS) is 25.6. The van der Waals surface area contributed by atoms with Crippen molar-refractivity contribution in [2.45, 2.75) is 19.3 Å². The predicted molar refractivity (Wildman–Crippen MR) is 49.7 cm³/mol. The van der Waals surface area contributed by atoms with E-state index in [0.717, 1.165) is 6.42 Å². The third-order valence-electron chi connectivity index (χ3n) is 2.70. The molecule has 68 valence electrons. The Morgan fingerprint density at radius 2 is 2.15 bits per heavy atom. The van der Waals surface area contributed by atoms with E-state index in [-0.39, 0.29) is 11.8 Å². The van der Waals surface area contributed by atoms with E-state index in [4.69, 9.17) is 5.11 Å². The molecular weight excluding hydrogens is 164 g/mol. The van der Waals surface area contributed by atoms with Crippen LogP contribution in [0.2, 0.25) is 0 Å². The molecule has 1 saturated carbocycles. The first kappa shape index (κ1) is 8.30. The first-order valence-corrected chi connectivity index (χ1v) is 4.48. The fraction of sp³-hybridized carbons (Fsp3) is 0.364. The molecule has 0 bridgehead atoms. The third kappa shape index (κ3) is 1.44. The van der Waals surface area contributed by atoms with Crippen LogP contribution < -0.4 is 0 Å². The zero-order chi connectivity index (χ0) is 9.42. The van der Waals surface area contributed by atoms with E-state index in [2.05, 4.69) is 0 Å². The Labute approximate surface area is 77.2 Å². The number of carboxylic acid groups (broad SMARTS) is 1. The number of hydrogen-bond donors (Lipinski definition) is 1. The molecule has 2 atom stereocenters. The summed E-state index contributed by atoms with van der Waals surface area (Å²) >= 11 is 0. The summed E-state index contributed by atoms with van der Waals surface area (Å²) in [6.07, 6.45) is 0.806. The number of hydrogen-bond acceptors (Lipinski definition) is 1. The molecule has 1 aromatic carbocycles. The van der Waals surface area contributed by atoms with Crippen molar-refractivity contribution in [3.05, 3.63) is 35.4 Å². The molecule has 1 N–H and O–H groups in total. The largest absolute Gasteiger partial charge is 0.481 e. The summed E-state index contributed by atoms with van der Waals surface area (Å²) in [6, 6.07) is 8.02. The van der Waals surface area contributed by atoms with E-state index in [0.29, 0.717) is 0 Å². The SMILES string of the molecule is Cc1ccccc1C1C[C@H]1C(=O)O. The highest BCUT2D eigenvalue weighted by Crippen LogP contribution is 2.48. The fourth-order valence-corrected chi connectivity index (χ4v) is 1.81. The lowest BCUT2D eigenvalue weighted by Crippen LogP contribution is -1.99. The van der Waals surface area contributed by atoms with Crippen molar-refractivity contribution in [2.75, 3.05) is 0 Å². The Morgan fingerprint density at radius 1 is 1.46 bits per heavy atom. The first-order chi connectivity index (χ1) is 6.20. The summed E-state index contributed by atoms with van der Waals surface area (Å²) in [7, 11) is 0. The molecule has 2 nitrogen and oxygen atoms in total. The zero-order valence-electron chi connectivity index (χ0n) is 7.53. The highest BCUT2D eigenvalue weighted by atomic mass is 16.4. The van der Waals surface area contributed by atoms with Crippen molar-refractivity contribution >= 4 is 5.97 Å². The molecule has 1 aliphatic carbocycles. The van der Waals surface area contributed by atoms with Crippen molar-refractivity contribution < 1.29 is 9.90 Å². The average molecular weight is 176 g/mol. The van der Waals surface area contributed by atoms with Crippen LogP contribution in [0.3, 0.4) is 0 Å². The van der Waals surface area contributed by atoms with E-state index in [9.17, 15) is 4.79 Å². The van der Waals surface area contributed by atoms with Gasteiger partial charge in [-0.1, -0.05) is 24.3 Å². The van der Waals surface area contributed by atoms with Crippen LogP contribution in [-0.4, -0.2) is 11.1 Å². The zero-order valence-corrected chi connectivity index (χ0v) is 7.53. The van der Waals surface area contributed by atoms with Crippen molar-refractivity contribution in [3.8, 4) is 0 Å². The van der Waals surface area contributed by atoms with Gasteiger partial charge in [0.15, 0.2) is 0 Å². The predicted octanol–water partition coefficient (Wildman–Crippen LogP) is 2.18. The quantitative estimate of drug-likeness (QED) is 0.749. The molecule has 13 heavy (non-hydrogen) atoms. The Bertz CT molecular complexity index is 344. The lowest BCUT2D eigenvalue weighted by Gasteiger charge is -2.02. The maximum Gasteiger partial charge on any atom is 0.307 e. The highest BCUT2D eigenvalue weighted by Gasteiger charge is 2.44. The van der Waals surface area contributed by atoms with Crippen molar-refractivity contribution in [3.63, 3.8) is 0 Å². The van der Waals surface area contributed by atoms with Gasteiger partial charge < -0.3 is 5.11 Å². The fourth-order valence-electron chi connectivity index (χ4n) is 1.81. The molecule has 2 heteroatoms. The molecule has 0 heterocycles. The van der Waals surface area contributed by atoms with Gasteiger partial charge in [0.05, 0.1) is 5.92 Å².